The number of carbonyl (C=O) groups excluding carboxylic acids is 1. The second kappa shape index (κ2) is 5.83. The summed E-state index contributed by atoms with van der Waals surface area (Å²) in [5, 5.41) is 3.60. The zero-order valence-electron chi connectivity index (χ0n) is 10.8. The van der Waals surface area contributed by atoms with Crippen molar-refractivity contribution in [2.45, 2.75) is 63.6 Å². The van der Waals surface area contributed by atoms with E-state index in [0.29, 0.717) is 12.5 Å². The first-order valence-electron chi connectivity index (χ1n) is 6.94. The summed E-state index contributed by atoms with van der Waals surface area (Å²) in [6.45, 7) is 4.57. The lowest BCUT2D eigenvalue weighted by molar-refractivity contribution is -0.118. The van der Waals surface area contributed by atoms with Gasteiger partial charge in [-0.05, 0) is 45.6 Å². The van der Waals surface area contributed by atoms with E-state index in [1.54, 1.807) is 0 Å². The molecule has 2 unspecified atom stereocenters. The molecule has 1 saturated carbocycles. The summed E-state index contributed by atoms with van der Waals surface area (Å²) in [7, 11) is 0. The molecule has 1 amide bonds. The van der Waals surface area contributed by atoms with Crippen LogP contribution in [0.4, 0.5) is 0 Å². The summed E-state index contributed by atoms with van der Waals surface area (Å²) in [6, 6.07) is 2.27. The van der Waals surface area contributed by atoms with Crippen molar-refractivity contribution < 1.29 is 4.79 Å². The third kappa shape index (κ3) is 3.96. The first kappa shape index (κ1) is 12.8. The van der Waals surface area contributed by atoms with Gasteiger partial charge in [0.25, 0.3) is 0 Å². The summed E-state index contributed by atoms with van der Waals surface area (Å²) >= 11 is 0. The van der Waals surface area contributed by atoms with Crippen LogP contribution in [-0.2, 0) is 4.79 Å². The van der Waals surface area contributed by atoms with Crippen LogP contribution in [0.2, 0.25) is 0 Å². The molecule has 0 aromatic rings. The van der Waals surface area contributed by atoms with Crippen LogP contribution in [-0.4, -0.2) is 42.0 Å². The minimum Gasteiger partial charge on any atom is -0.370 e. The normalized spacial score (nSPS) is 29.7. The average Bonchev–Trinajstić information content (AvgIpc) is 3.03. The molecule has 4 nitrogen and oxygen atoms in total. The van der Waals surface area contributed by atoms with Crippen LogP contribution < -0.4 is 11.1 Å². The maximum absolute atomic E-state index is 10.6. The van der Waals surface area contributed by atoms with Crippen LogP contribution in [0.15, 0.2) is 0 Å². The minimum absolute atomic E-state index is 0.181. The fourth-order valence-corrected chi connectivity index (χ4v) is 2.85. The van der Waals surface area contributed by atoms with Crippen LogP contribution in [0.5, 0.6) is 0 Å². The van der Waals surface area contributed by atoms with Crippen LogP contribution >= 0.6 is 0 Å². The van der Waals surface area contributed by atoms with E-state index in [1.165, 1.54) is 25.8 Å². The number of nitrogens with two attached hydrogens (primary N) is 1. The maximum Gasteiger partial charge on any atom is 0.217 e. The highest BCUT2D eigenvalue weighted by Crippen LogP contribution is 2.33. The predicted molar refractivity (Wildman–Crippen MR) is 68.6 cm³/mol. The Morgan fingerprint density at radius 2 is 2.18 bits per heavy atom. The van der Waals surface area contributed by atoms with Gasteiger partial charge in [0.2, 0.25) is 5.91 Å². The fourth-order valence-electron chi connectivity index (χ4n) is 2.85. The molecule has 2 rings (SSSR count). The Kier molecular flexibility index (Phi) is 4.40. The Morgan fingerprint density at radius 3 is 2.82 bits per heavy atom. The van der Waals surface area contributed by atoms with E-state index in [9.17, 15) is 4.79 Å². The van der Waals surface area contributed by atoms with Crippen LogP contribution in [0.3, 0.4) is 0 Å². The molecule has 0 bridgehead atoms. The van der Waals surface area contributed by atoms with Crippen molar-refractivity contribution in [2.24, 2.45) is 5.73 Å². The lowest BCUT2D eigenvalue weighted by Gasteiger charge is -2.19. The van der Waals surface area contributed by atoms with Gasteiger partial charge >= 0.3 is 0 Å². The molecule has 4 heteroatoms. The van der Waals surface area contributed by atoms with Gasteiger partial charge in [-0.2, -0.15) is 0 Å². The molecule has 1 heterocycles. The highest BCUT2D eigenvalue weighted by Gasteiger charge is 2.38. The number of nitrogens with zero attached hydrogens (tertiary/aromatic N) is 1. The van der Waals surface area contributed by atoms with Crippen LogP contribution in [0, 0.1) is 0 Å². The summed E-state index contributed by atoms with van der Waals surface area (Å²) < 4.78 is 0. The Hall–Kier alpha value is -0.610. The highest BCUT2D eigenvalue weighted by molar-refractivity contribution is 5.73. The number of hydrogen-bond donors (Lipinski definition) is 2. The van der Waals surface area contributed by atoms with Crippen molar-refractivity contribution in [3.8, 4) is 0 Å². The quantitative estimate of drug-likeness (QED) is 0.648. The number of amides is 1. The zero-order chi connectivity index (χ0) is 12.3. The predicted octanol–water partition coefficient (Wildman–Crippen LogP) is 0.857. The molecule has 2 atom stereocenters. The number of likely N-dealkylation sites (tertiary alicyclic amines) is 1. The number of rotatable bonds is 7. The van der Waals surface area contributed by atoms with Gasteiger partial charge in [-0.15, -0.1) is 0 Å². The third-order valence-corrected chi connectivity index (χ3v) is 3.92. The molecule has 1 saturated heterocycles. The fraction of sp³-hybridized carbons (Fsp3) is 0.923. The van der Waals surface area contributed by atoms with Gasteiger partial charge in [-0.25, -0.2) is 0 Å². The van der Waals surface area contributed by atoms with Crippen molar-refractivity contribution in [1.82, 2.24) is 10.2 Å². The molecule has 0 radical (unpaired) electrons. The number of nitrogens with one attached hydrogen (secondary N) is 1. The van der Waals surface area contributed by atoms with Crippen molar-refractivity contribution in [3.05, 3.63) is 0 Å². The summed E-state index contributed by atoms with van der Waals surface area (Å²) in [6.07, 6.45) is 6.56. The van der Waals surface area contributed by atoms with E-state index in [0.717, 1.165) is 31.5 Å². The Bertz CT molecular complexity index is 265. The van der Waals surface area contributed by atoms with E-state index in [4.69, 9.17) is 5.73 Å². The minimum atomic E-state index is -0.181. The topological polar surface area (TPSA) is 58.4 Å². The molecular formula is C13H25N3O. The second-order valence-corrected chi connectivity index (χ2v) is 5.59. The van der Waals surface area contributed by atoms with Crippen LogP contribution in [0.1, 0.15) is 45.4 Å². The van der Waals surface area contributed by atoms with Gasteiger partial charge in [0.15, 0.2) is 0 Å². The van der Waals surface area contributed by atoms with Gasteiger partial charge in [-0.3, -0.25) is 9.69 Å². The molecule has 3 N–H and O–H groups in total. The average molecular weight is 239 g/mol. The van der Waals surface area contributed by atoms with Gasteiger partial charge < -0.3 is 11.1 Å². The SMILES string of the molecule is CC1CC(NCCCCC(N)=O)CN1C1CC1. The number of carbonyl (C=O) groups is 1. The van der Waals surface area contributed by atoms with E-state index in [2.05, 4.69) is 17.1 Å². The van der Waals surface area contributed by atoms with Crippen molar-refractivity contribution >= 4 is 5.91 Å². The Morgan fingerprint density at radius 1 is 1.41 bits per heavy atom. The van der Waals surface area contributed by atoms with E-state index < -0.39 is 0 Å². The summed E-state index contributed by atoms with van der Waals surface area (Å²) in [5.41, 5.74) is 5.11. The third-order valence-electron chi connectivity index (χ3n) is 3.92. The summed E-state index contributed by atoms with van der Waals surface area (Å²) in [5.74, 6) is -0.181. The van der Waals surface area contributed by atoms with Gasteiger partial charge in [-0.1, -0.05) is 0 Å². The molecule has 17 heavy (non-hydrogen) atoms. The van der Waals surface area contributed by atoms with Gasteiger partial charge in [0.05, 0.1) is 0 Å². The van der Waals surface area contributed by atoms with E-state index in [1.807, 2.05) is 0 Å². The number of hydrogen-bond acceptors (Lipinski definition) is 3. The number of primary amides is 1. The lowest BCUT2D eigenvalue weighted by Crippen LogP contribution is -2.34. The molecule has 0 aromatic carbocycles. The molecule has 1 aliphatic carbocycles. The molecule has 0 spiro atoms. The van der Waals surface area contributed by atoms with Crippen LogP contribution in [0.25, 0.3) is 0 Å². The first-order valence-corrected chi connectivity index (χ1v) is 6.94. The molecule has 98 valence electrons. The van der Waals surface area contributed by atoms with Gasteiger partial charge in [0.1, 0.15) is 0 Å². The maximum atomic E-state index is 10.6. The highest BCUT2D eigenvalue weighted by atomic mass is 16.1. The lowest BCUT2D eigenvalue weighted by atomic mass is 10.2. The molecule has 1 aliphatic heterocycles. The van der Waals surface area contributed by atoms with Crippen molar-refractivity contribution in [2.75, 3.05) is 13.1 Å². The molecular weight excluding hydrogens is 214 g/mol. The molecule has 0 aromatic heterocycles. The second-order valence-electron chi connectivity index (χ2n) is 5.59. The van der Waals surface area contributed by atoms with Crippen molar-refractivity contribution in [3.63, 3.8) is 0 Å². The number of unbranched alkanes of at least 4 members (excludes halogenated alkanes) is 1. The smallest absolute Gasteiger partial charge is 0.217 e. The largest absolute Gasteiger partial charge is 0.370 e. The standard InChI is InChI=1S/C13H25N3O/c1-10-8-11(9-16(10)12-5-6-12)15-7-3-2-4-13(14)17/h10-12,15H,2-9H2,1H3,(H2,14,17). The van der Waals surface area contributed by atoms with Crippen molar-refractivity contribution in [1.29, 1.82) is 0 Å². The Balaban J connectivity index is 1.56. The molecule has 2 fully saturated rings. The summed E-state index contributed by atoms with van der Waals surface area (Å²) in [4.78, 5) is 13.2. The van der Waals surface area contributed by atoms with Gasteiger partial charge in [0, 0.05) is 31.1 Å². The zero-order valence-corrected chi connectivity index (χ0v) is 10.8. The monoisotopic (exact) mass is 239 g/mol. The Labute approximate surface area is 104 Å². The van der Waals surface area contributed by atoms with E-state index in [-0.39, 0.29) is 5.91 Å². The van der Waals surface area contributed by atoms with E-state index >= 15 is 0 Å². The first-order chi connectivity index (χ1) is 8.16. The molecule has 2 aliphatic rings.